The predicted octanol–water partition coefficient (Wildman–Crippen LogP) is 3.59. The topological polar surface area (TPSA) is 111 Å². The van der Waals surface area contributed by atoms with E-state index in [0.717, 1.165) is 12.8 Å². The van der Waals surface area contributed by atoms with Crippen molar-refractivity contribution >= 4 is 46.1 Å². The van der Waals surface area contributed by atoms with Crippen LogP contribution in [0.3, 0.4) is 0 Å². The molecule has 1 saturated heterocycles. The monoisotopic (exact) mass is 560 g/mol. The minimum absolute atomic E-state index is 0.0511. The molecule has 4 rings (SSSR count). The number of ether oxygens (including phenoxy) is 2. The van der Waals surface area contributed by atoms with Gasteiger partial charge in [-0.3, -0.25) is 14.2 Å². The van der Waals surface area contributed by atoms with Gasteiger partial charge in [0.15, 0.2) is 0 Å². The number of carbonyl (C=O) groups is 1. The van der Waals surface area contributed by atoms with Crippen molar-refractivity contribution in [3.05, 3.63) is 51.4 Å². The lowest BCUT2D eigenvalue weighted by Crippen LogP contribution is -2.45. The van der Waals surface area contributed by atoms with E-state index < -0.39 is 0 Å². The molecule has 202 valence electrons. The molecule has 2 aromatic heterocycles. The lowest BCUT2D eigenvalue weighted by atomic mass is 10.0. The molecule has 0 bridgehead atoms. The average Bonchev–Trinajstić information content (AvgIpc) is 2.94. The molecule has 0 unspecified atom stereocenters. The summed E-state index contributed by atoms with van der Waals surface area (Å²) in [4.78, 5) is 36.4. The molecule has 38 heavy (non-hydrogen) atoms. The van der Waals surface area contributed by atoms with Gasteiger partial charge in [0.1, 0.15) is 17.1 Å². The second-order valence-electron chi connectivity index (χ2n) is 8.78. The number of fused-ring (bicyclic) bond motifs is 1. The maximum atomic E-state index is 13.9. The zero-order valence-corrected chi connectivity index (χ0v) is 23.0. The molecule has 3 aromatic rings. The number of hydrogen-bond donors (Lipinski definition) is 2. The number of hydrogen-bond acceptors (Lipinski definition) is 8. The first-order valence-electron chi connectivity index (χ1n) is 12.2. The van der Waals surface area contributed by atoms with Crippen molar-refractivity contribution in [3.63, 3.8) is 0 Å². The summed E-state index contributed by atoms with van der Waals surface area (Å²) in [6.07, 6.45) is 4.62. The summed E-state index contributed by atoms with van der Waals surface area (Å²) in [5.41, 5.74) is 0.760. The third-order valence-electron chi connectivity index (χ3n) is 6.64. The summed E-state index contributed by atoms with van der Waals surface area (Å²) < 4.78 is 12.4. The molecule has 1 aliphatic rings. The van der Waals surface area contributed by atoms with Crippen molar-refractivity contribution in [3.8, 4) is 22.6 Å². The number of anilines is 1. The highest BCUT2D eigenvalue weighted by atomic mass is 35.5. The van der Waals surface area contributed by atoms with Crippen LogP contribution >= 0.6 is 23.2 Å². The Morgan fingerprint density at radius 2 is 1.84 bits per heavy atom. The van der Waals surface area contributed by atoms with Gasteiger partial charge in [-0.2, -0.15) is 4.98 Å². The van der Waals surface area contributed by atoms with Crippen molar-refractivity contribution in [1.82, 2.24) is 24.8 Å². The number of methoxy groups -OCH3 is 2. The lowest BCUT2D eigenvalue weighted by Gasteiger charge is -2.32. The summed E-state index contributed by atoms with van der Waals surface area (Å²) in [5, 5.41) is 7.48. The van der Waals surface area contributed by atoms with Crippen LogP contribution in [0.5, 0.6) is 11.5 Å². The standard InChI is InChI=1S/C26H30Cl2N6O4/c1-5-20(35)33-9-6-16(7-10-33)30-8-11-34-24-15(14-31-26(29-2)32-24)12-17(25(34)36)21-22(27)18(37-3)13-19(38-4)23(21)28/h5,12-14,16,30H,1,6-11H2,2-4H3,(H,29,31,32). The Hall–Kier alpha value is -3.34. The largest absolute Gasteiger partial charge is 0.495 e. The molecule has 1 aliphatic heterocycles. The minimum atomic E-state index is -0.314. The van der Waals surface area contributed by atoms with Crippen LogP contribution in [0.4, 0.5) is 5.95 Å². The zero-order valence-electron chi connectivity index (χ0n) is 21.5. The molecule has 3 heterocycles. The molecule has 10 nitrogen and oxygen atoms in total. The average molecular weight is 561 g/mol. The summed E-state index contributed by atoms with van der Waals surface area (Å²) in [5.74, 6) is 1.01. The summed E-state index contributed by atoms with van der Waals surface area (Å²) in [6.45, 7) is 5.73. The maximum absolute atomic E-state index is 13.9. The van der Waals surface area contributed by atoms with E-state index in [1.54, 1.807) is 34.8 Å². The number of rotatable bonds is 9. The number of halogens is 2. The number of benzene rings is 1. The number of pyridine rings is 1. The second-order valence-corrected chi connectivity index (χ2v) is 9.54. The van der Waals surface area contributed by atoms with Crippen molar-refractivity contribution < 1.29 is 14.3 Å². The van der Waals surface area contributed by atoms with Crippen LogP contribution < -0.4 is 25.7 Å². The number of amides is 1. The summed E-state index contributed by atoms with van der Waals surface area (Å²) >= 11 is 13.3. The van der Waals surface area contributed by atoms with Crippen LogP contribution in [-0.2, 0) is 11.3 Å². The first-order chi connectivity index (χ1) is 18.3. The SMILES string of the molecule is C=CC(=O)N1CCC(NCCn2c(=O)c(-c3c(Cl)c(OC)cc(OC)c3Cl)cc3cnc(NC)nc32)CC1. The Morgan fingerprint density at radius 1 is 1.18 bits per heavy atom. The number of nitrogens with zero attached hydrogens (tertiary/aromatic N) is 4. The normalized spacial score (nSPS) is 14.0. The Balaban J connectivity index is 1.70. The molecule has 0 spiro atoms. The molecule has 0 aliphatic carbocycles. The molecule has 1 amide bonds. The van der Waals surface area contributed by atoms with Gasteiger partial charge in [0.25, 0.3) is 5.56 Å². The number of nitrogens with one attached hydrogen (secondary N) is 2. The Morgan fingerprint density at radius 3 is 2.42 bits per heavy atom. The highest BCUT2D eigenvalue weighted by Crippen LogP contribution is 2.45. The quantitative estimate of drug-likeness (QED) is 0.382. The van der Waals surface area contributed by atoms with E-state index >= 15 is 0 Å². The van der Waals surface area contributed by atoms with Crippen LogP contribution in [-0.4, -0.2) is 72.3 Å². The molecular weight excluding hydrogens is 531 g/mol. The van der Waals surface area contributed by atoms with Gasteiger partial charge in [0, 0.05) is 62.5 Å². The van der Waals surface area contributed by atoms with Crippen molar-refractivity contribution in [2.45, 2.75) is 25.4 Å². The fourth-order valence-electron chi connectivity index (χ4n) is 4.60. The molecule has 12 heteroatoms. The van der Waals surface area contributed by atoms with Crippen LogP contribution in [0, 0.1) is 0 Å². The highest BCUT2D eigenvalue weighted by molar-refractivity contribution is 6.41. The highest BCUT2D eigenvalue weighted by Gasteiger charge is 2.24. The van der Waals surface area contributed by atoms with Gasteiger partial charge in [-0.05, 0) is 25.0 Å². The molecule has 0 saturated carbocycles. The van der Waals surface area contributed by atoms with Gasteiger partial charge in [0.2, 0.25) is 11.9 Å². The first kappa shape index (κ1) is 27.7. The van der Waals surface area contributed by atoms with E-state index in [4.69, 9.17) is 32.7 Å². The molecule has 1 fully saturated rings. The Bertz CT molecular complexity index is 1390. The van der Waals surface area contributed by atoms with Crippen molar-refractivity contribution in [2.24, 2.45) is 0 Å². The van der Waals surface area contributed by atoms with E-state index in [1.807, 2.05) is 0 Å². The third-order valence-corrected chi connectivity index (χ3v) is 7.39. The third kappa shape index (κ3) is 5.43. The molecule has 2 N–H and O–H groups in total. The number of aromatic nitrogens is 3. The summed E-state index contributed by atoms with van der Waals surface area (Å²) in [7, 11) is 4.67. The molecule has 1 aromatic carbocycles. The Kier molecular flexibility index (Phi) is 8.76. The maximum Gasteiger partial charge on any atom is 0.260 e. The minimum Gasteiger partial charge on any atom is -0.495 e. The zero-order chi connectivity index (χ0) is 27.4. The summed E-state index contributed by atoms with van der Waals surface area (Å²) in [6, 6.07) is 3.48. The van der Waals surface area contributed by atoms with Gasteiger partial charge in [0.05, 0.1) is 29.8 Å². The van der Waals surface area contributed by atoms with Gasteiger partial charge in [-0.15, -0.1) is 0 Å². The molecular formula is C26H30Cl2N6O4. The fourth-order valence-corrected chi connectivity index (χ4v) is 5.31. The van der Waals surface area contributed by atoms with Crippen molar-refractivity contribution in [2.75, 3.05) is 46.2 Å². The van der Waals surface area contributed by atoms with Gasteiger partial charge in [-0.1, -0.05) is 29.8 Å². The Labute approximate surface area is 230 Å². The molecule has 0 atom stereocenters. The van der Waals surface area contributed by atoms with E-state index in [0.29, 0.717) is 60.2 Å². The number of likely N-dealkylation sites (tertiary alicyclic amines) is 1. The van der Waals surface area contributed by atoms with Gasteiger partial charge < -0.3 is 25.0 Å². The lowest BCUT2D eigenvalue weighted by molar-refractivity contribution is -0.127. The van der Waals surface area contributed by atoms with Gasteiger partial charge in [-0.25, -0.2) is 4.98 Å². The van der Waals surface area contributed by atoms with E-state index in [-0.39, 0.29) is 33.1 Å². The van der Waals surface area contributed by atoms with Crippen LogP contribution in [0.15, 0.2) is 35.8 Å². The number of piperidine rings is 1. The smallest absolute Gasteiger partial charge is 0.260 e. The van der Waals surface area contributed by atoms with Crippen LogP contribution in [0.25, 0.3) is 22.2 Å². The predicted molar refractivity (Wildman–Crippen MR) is 150 cm³/mol. The molecule has 0 radical (unpaired) electrons. The van der Waals surface area contributed by atoms with Crippen LogP contribution in [0.1, 0.15) is 12.8 Å². The first-order valence-corrected chi connectivity index (χ1v) is 12.9. The van der Waals surface area contributed by atoms with E-state index in [1.165, 1.54) is 20.3 Å². The van der Waals surface area contributed by atoms with E-state index in [2.05, 4.69) is 27.2 Å². The fraction of sp³-hybridized carbons (Fsp3) is 0.385. The number of carbonyl (C=O) groups excluding carboxylic acids is 1. The van der Waals surface area contributed by atoms with Crippen LogP contribution in [0.2, 0.25) is 10.0 Å². The van der Waals surface area contributed by atoms with Gasteiger partial charge >= 0.3 is 0 Å². The van der Waals surface area contributed by atoms with Crippen molar-refractivity contribution in [1.29, 1.82) is 0 Å². The van der Waals surface area contributed by atoms with E-state index in [9.17, 15) is 9.59 Å². The second kappa shape index (κ2) is 12.0.